The molecule has 1 aromatic rings. The smallest absolute Gasteiger partial charge is 0.257 e. The molecular weight excluding hydrogens is 366 g/mol. The first-order valence-electron chi connectivity index (χ1n) is 7.79. The standard InChI is InChI=1S/C16H23N3O4S.ClH/c1-3-17-15(20)8-23-13-5-4-11(6-14(13)22-2)7-18-16(21)12-9-24-10-19-12;/h4-6,12,19H,3,7-10H2,1-2H3,(H,17,20)(H,18,21);1H. The molecule has 1 aromatic carbocycles. The van der Waals surface area contributed by atoms with E-state index >= 15 is 0 Å². The molecule has 0 aromatic heterocycles. The average Bonchev–Trinajstić information content (AvgIpc) is 3.13. The van der Waals surface area contributed by atoms with Crippen LogP contribution in [-0.4, -0.2) is 49.7 Å². The van der Waals surface area contributed by atoms with Gasteiger partial charge in [0.2, 0.25) is 5.91 Å². The third kappa shape index (κ3) is 6.64. The van der Waals surface area contributed by atoms with Crippen LogP contribution in [0.3, 0.4) is 0 Å². The van der Waals surface area contributed by atoms with Crippen molar-refractivity contribution in [2.24, 2.45) is 0 Å². The molecule has 1 heterocycles. The van der Waals surface area contributed by atoms with Crippen LogP contribution in [-0.2, 0) is 16.1 Å². The lowest BCUT2D eigenvalue weighted by atomic mass is 10.2. The summed E-state index contributed by atoms with van der Waals surface area (Å²) in [5, 5.41) is 8.70. The molecule has 0 aliphatic carbocycles. The molecule has 1 atom stereocenters. The molecule has 3 N–H and O–H groups in total. The molecule has 2 amide bonds. The van der Waals surface area contributed by atoms with E-state index in [0.29, 0.717) is 24.6 Å². The van der Waals surface area contributed by atoms with Crippen molar-refractivity contribution in [3.8, 4) is 11.5 Å². The van der Waals surface area contributed by atoms with Crippen LogP contribution in [0.25, 0.3) is 0 Å². The first-order valence-corrected chi connectivity index (χ1v) is 8.94. The van der Waals surface area contributed by atoms with Crippen molar-refractivity contribution < 1.29 is 19.1 Å². The van der Waals surface area contributed by atoms with E-state index in [1.165, 1.54) is 7.11 Å². The maximum absolute atomic E-state index is 12.0. The van der Waals surface area contributed by atoms with E-state index in [2.05, 4.69) is 16.0 Å². The number of thioether (sulfide) groups is 1. The molecule has 2 rings (SSSR count). The molecule has 0 radical (unpaired) electrons. The highest BCUT2D eigenvalue weighted by Crippen LogP contribution is 2.28. The first-order chi connectivity index (χ1) is 11.6. The lowest BCUT2D eigenvalue weighted by molar-refractivity contribution is -0.123. The van der Waals surface area contributed by atoms with E-state index < -0.39 is 0 Å². The fourth-order valence-electron chi connectivity index (χ4n) is 2.21. The third-order valence-electron chi connectivity index (χ3n) is 3.46. The van der Waals surface area contributed by atoms with Crippen LogP contribution in [0.5, 0.6) is 11.5 Å². The third-order valence-corrected chi connectivity index (χ3v) is 4.40. The lowest BCUT2D eigenvalue weighted by Gasteiger charge is -2.13. The minimum atomic E-state index is -0.183. The predicted molar refractivity (Wildman–Crippen MR) is 101 cm³/mol. The van der Waals surface area contributed by atoms with E-state index in [-0.39, 0.29) is 36.9 Å². The molecule has 1 aliphatic rings. The number of benzene rings is 1. The second-order valence-electron chi connectivity index (χ2n) is 5.22. The van der Waals surface area contributed by atoms with Crippen LogP contribution in [0.4, 0.5) is 0 Å². The van der Waals surface area contributed by atoms with Gasteiger partial charge in [0.15, 0.2) is 18.1 Å². The Labute approximate surface area is 158 Å². The summed E-state index contributed by atoms with van der Waals surface area (Å²) in [6.07, 6.45) is 0. The summed E-state index contributed by atoms with van der Waals surface area (Å²) < 4.78 is 10.8. The van der Waals surface area contributed by atoms with Crippen molar-refractivity contribution in [1.82, 2.24) is 16.0 Å². The molecule has 1 aliphatic heterocycles. The van der Waals surface area contributed by atoms with Crippen molar-refractivity contribution in [2.75, 3.05) is 31.9 Å². The molecular formula is C16H24ClN3O4S. The summed E-state index contributed by atoms with van der Waals surface area (Å²) in [7, 11) is 1.54. The number of halogens is 1. The Morgan fingerprint density at radius 1 is 1.32 bits per heavy atom. The number of carbonyl (C=O) groups excluding carboxylic acids is 2. The summed E-state index contributed by atoms with van der Waals surface area (Å²) in [6, 6.07) is 5.25. The van der Waals surface area contributed by atoms with Crippen LogP contribution in [0.15, 0.2) is 18.2 Å². The maximum atomic E-state index is 12.0. The van der Waals surface area contributed by atoms with Gasteiger partial charge in [-0.1, -0.05) is 6.07 Å². The number of carbonyl (C=O) groups is 2. The van der Waals surface area contributed by atoms with E-state index in [1.54, 1.807) is 23.9 Å². The van der Waals surface area contributed by atoms with Gasteiger partial charge in [-0.25, -0.2) is 0 Å². The highest BCUT2D eigenvalue weighted by Gasteiger charge is 2.22. The van der Waals surface area contributed by atoms with Crippen molar-refractivity contribution in [3.63, 3.8) is 0 Å². The van der Waals surface area contributed by atoms with Gasteiger partial charge in [-0.2, -0.15) is 0 Å². The van der Waals surface area contributed by atoms with Crippen LogP contribution >= 0.6 is 24.2 Å². The molecule has 0 bridgehead atoms. The number of hydrogen-bond acceptors (Lipinski definition) is 6. The molecule has 0 saturated carbocycles. The number of nitrogens with one attached hydrogen (secondary N) is 3. The van der Waals surface area contributed by atoms with E-state index in [9.17, 15) is 9.59 Å². The van der Waals surface area contributed by atoms with E-state index in [4.69, 9.17) is 9.47 Å². The highest BCUT2D eigenvalue weighted by atomic mass is 35.5. The van der Waals surface area contributed by atoms with Gasteiger partial charge >= 0.3 is 0 Å². The van der Waals surface area contributed by atoms with Crippen molar-refractivity contribution in [3.05, 3.63) is 23.8 Å². The summed E-state index contributed by atoms with van der Waals surface area (Å²) in [4.78, 5) is 23.4. The number of hydrogen-bond donors (Lipinski definition) is 3. The Balaban J connectivity index is 0.00000312. The lowest BCUT2D eigenvalue weighted by Crippen LogP contribution is -2.41. The highest BCUT2D eigenvalue weighted by molar-refractivity contribution is 7.99. The zero-order chi connectivity index (χ0) is 17.4. The Morgan fingerprint density at radius 3 is 2.76 bits per heavy atom. The van der Waals surface area contributed by atoms with Crippen LogP contribution < -0.4 is 25.4 Å². The zero-order valence-corrected chi connectivity index (χ0v) is 15.9. The van der Waals surface area contributed by atoms with Gasteiger partial charge in [0.1, 0.15) is 0 Å². The SMILES string of the molecule is CCNC(=O)COc1ccc(CNC(=O)C2CSCN2)cc1OC.Cl. The van der Waals surface area contributed by atoms with Crippen molar-refractivity contribution in [2.45, 2.75) is 19.5 Å². The summed E-state index contributed by atoms with van der Waals surface area (Å²) in [5.74, 6) is 2.44. The minimum Gasteiger partial charge on any atom is -0.493 e. The quantitative estimate of drug-likeness (QED) is 0.612. The van der Waals surface area contributed by atoms with Crippen LogP contribution in [0.2, 0.25) is 0 Å². The average molecular weight is 390 g/mol. The van der Waals surface area contributed by atoms with Crippen LogP contribution in [0.1, 0.15) is 12.5 Å². The molecule has 7 nitrogen and oxygen atoms in total. The second-order valence-corrected chi connectivity index (χ2v) is 6.25. The van der Waals surface area contributed by atoms with Crippen LogP contribution in [0, 0.1) is 0 Å². The van der Waals surface area contributed by atoms with Gasteiger partial charge in [0, 0.05) is 24.7 Å². The molecule has 1 saturated heterocycles. The summed E-state index contributed by atoms with van der Waals surface area (Å²) in [5.41, 5.74) is 0.899. The fourth-order valence-corrected chi connectivity index (χ4v) is 3.15. The minimum absolute atomic E-state index is 0. The molecule has 1 unspecified atom stereocenters. The Hall–Kier alpha value is -1.64. The van der Waals surface area contributed by atoms with E-state index in [1.807, 2.05) is 13.0 Å². The number of amides is 2. The zero-order valence-electron chi connectivity index (χ0n) is 14.3. The van der Waals surface area contributed by atoms with Crippen molar-refractivity contribution in [1.29, 1.82) is 0 Å². The van der Waals surface area contributed by atoms with E-state index in [0.717, 1.165) is 17.2 Å². The normalized spacial score (nSPS) is 15.8. The van der Waals surface area contributed by atoms with Gasteiger partial charge in [0.05, 0.1) is 13.2 Å². The van der Waals surface area contributed by atoms with Gasteiger partial charge in [-0.15, -0.1) is 24.2 Å². The fraction of sp³-hybridized carbons (Fsp3) is 0.500. The van der Waals surface area contributed by atoms with Gasteiger partial charge in [-0.05, 0) is 24.6 Å². The summed E-state index contributed by atoms with van der Waals surface area (Å²) in [6.45, 7) is 2.76. The topological polar surface area (TPSA) is 88.7 Å². The first kappa shape index (κ1) is 21.4. The molecule has 140 valence electrons. The van der Waals surface area contributed by atoms with Gasteiger partial charge < -0.3 is 20.1 Å². The second kappa shape index (κ2) is 11.1. The predicted octanol–water partition coefficient (Wildman–Crippen LogP) is 0.911. The Morgan fingerprint density at radius 2 is 2.12 bits per heavy atom. The molecule has 1 fully saturated rings. The number of ether oxygens (including phenoxy) is 2. The number of rotatable bonds is 8. The maximum Gasteiger partial charge on any atom is 0.257 e. The number of likely N-dealkylation sites (N-methyl/N-ethyl adjacent to an activating group) is 1. The Bertz CT molecular complexity index is 582. The number of methoxy groups -OCH3 is 1. The monoisotopic (exact) mass is 389 g/mol. The Kier molecular flexibility index (Phi) is 9.48. The van der Waals surface area contributed by atoms with Gasteiger partial charge in [-0.3, -0.25) is 14.9 Å². The van der Waals surface area contributed by atoms with Gasteiger partial charge in [0.25, 0.3) is 5.91 Å². The van der Waals surface area contributed by atoms with Crippen molar-refractivity contribution >= 4 is 36.0 Å². The molecule has 0 spiro atoms. The summed E-state index contributed by atoms with van der Waals surface area (Å²) >= 11 is 1.71. The largest absolute Gasteiger partial charge is 0.493 e. The molecule has 25 heavy (non-hydrogen) atoms. The molecule has 9 heteroatoms.